The monoisotopic (exact) mass is 285 g/mol. The number of hydrogen-bond acceptors (Lipinski definition) is 5. The van der Waals surface area contributed by atoms with E-state index in [1.54, 1.807) is 11.3 Å². The van der Waals surface area contributed by atoms with Crippen molar-refractivity contribution in [2.45, 2.75) is 46.3 Å². The molecule has 0 aliphatic carbocycles. The van der Waals surface area contributed by atoms with Crippen molar-refractivity contribution in [1.82, 2.24) is 15.6 Å². The number of aromatic nitrogens is 1. The fourth-order valence-corrected chi connectivity index (χ4v) is 2.15. The molecule has 19 heavy (non-hydrogen) atoms. The minimum Gasteiger partial charge on any atom is -0.444 e. The van der Waals surface area contributed by atoms with Crippen molar-refractivity contribution >= 4 is 17.4 Å². The number of hydrogen-bond donors (Lipinski definition) is 2. The third-order valence-corrected chi connectivity index (χ3v) is 3.06. The van der Waals surface area contributed by atoms with Crippen LogP contribution in [0.25, 0.3) is 0 Å². The second kappa shape index (κ2) is 7.45. The van der Waals surface area contributed by atoms with Crippen molar-refractivity contribution in [3.8, 4) is 0 Å². The van der Waals surface area contributed by atoms with Crippen LogP contribution in [0.1, 0.15) is 37.1 Å². The van der Waals surface area contributed by atoms with Crippen LogP contribution < -0.4 is 10.6 Å². The molecule has 0 saturated carbocycles. The Kier molecular flexibility index (Phi) is 6.24. The first kappa shape index (κ1) is 15.9. The average molecular weight is 285 g/mol. The van der Waals surface area contributed by atoms with E-state index in [2.05, 4.69) is 15.6 Å². The van der Waals surface area contributed by atoms with Gasteiger partial charge in [0.2, 0.25) is 0 Å². The summed E-state index contributed by atoms with van der Waals surface area (Å²) in [6.07, 6.45) is 2.39. The maximum atomic E-state index is 11.4. The summed E-state index contributed by atoms with van der Waals surface area (Å²) in [5, 5.41) is 7.12. The fraction of sp³-hybridized carbons (Fsp3) is 0.692. The molecule has 1 aromatic heterocycles. The summed E-state index contributed by atoms with van der Waals surface area (Å²) in [5.74, 6) is 0. The van der Waals surface area contributed by atoms with Gasteiger partial charge in [0.25, 0.3) is 0 Å². The Morgan fingerprint density at radius 3 is 2.74 bits per heavy atom. The number of rotatable bonds is 6. The fourth-order valence-electron chi connectivity index (χ4n) is 1.40. The van der Waals surface area contributed by atoms with E-state index in [0.717, 1.165) is 24.5 Å². The number of aryl methyl sites for hydroxylation is 1. The molecule has 0 fully saturated rings. The van der Waals surface area contributed by atoms with Gasteiger partial charge in [0, 0.05) is 24.2 Å². The Balaban J connectivity index is 2.01. The largest absolute Gasteiger partial charge is 0.444 e. The lowest BCUT2D eigenvalue weighted by Gasteiger charge is -2.19. The van der Waals surface area contributed by atoms with Crippen LogP contribution >= 0.6 is 11.3 Å². The lowest BCUT2D eigenvalue weighted by atomic mass is 10.2. The van der Waals surface area contributed by atoms with Gasteiger partial charge in [-0.15, -0.1) is 11.3 Å². The number of nitrogens with zero attached hydrogens (tertiary/aromatic N) is 1. The summed E-state index contributed by atoms with van der Waals surface area (Å²) in [5.41, 5.74) is -0.439. The molecule has 5 nitrogen and oxygen atoms in total. The molecule has 0 bridgehead atoms. The zero-order chi connectivity index (χ0) is 14.3. The maximum Gasteiger partial charge on any atom is 0.407 e. The molecule has 0 saturated heterocycles. The molecule has 0 unspecified atom stereocenters. The van der Waals surface area contributed by atoms with Gasteiger partial charge in [-0.2, -0.15) is 0 Å². The molecule has 6 heteroatoms. The summed E-state index contributed by atoms with van der Waals surface area (Å²) < 4.78 is 5.14. The van der Waals surface area contributed by atoms with Crippen molar-refractivity contribution in [1.29, 1.82) is 0 Å². The van der Waals surface area contributed by atoms with Crippen LogP contribution in [0.2, 0.25) is 0 Å². The first-order chi connectivity index (χ1) is 8.87. The number of carbonyl (C=O) groups is 1. The maximum absolute atomic E-state index is 11.4. The van der Waals surface area contributed by atoms with Gasteiger partial charge in [0.05, 0.1) is 0 Å². The Morgan fingerprint density at radius 1 is 1.42 bits per heavy atom. The van der Waals surface area contributed by atoms with Crippen molar-refractivity contribution in [3.05, 3.63) is 16.1 Å². The van der Waals surface area contributed by atoms with Crippen molar-refractivity contribution < 1.29 is 9.53 Å². The lowest BCUT2D eigenvalue weighted by Crippen LogP contribution is -2.33. The minimum absolute atomic E-state index is 0.358. The summed E-state index contributed by atoms with van der Waals surface area (Å²) in [6.45, 7) is 9.84. The highest BCUT2D eigenvalue weighted by molar-refractivity contribution is 7.11. The van der Waals surface area contributed by atoms with E-state index in [-0.39, 0.29) is 6.09 Å². The standard InChI is InChI=1S/C13H23N3O2S/c1-10-8-16-11(19-10)9-14-6-5-7-15-12(17)18-13(2,3)4/h8,14H,5-7,9H2,1-4H3,(H,15,17). The van der Waals surface area contributed by atoms with Gasteiger partial charge in [-0.25, -0.2) is 9.78 Å². The quantitative estimate of drug-likeness (QED) is 0.788. The Morgan fingerprint density at radius 2 is 2.16 bits per heavy atom. The number of carbonyl (C=O) groups excluding carboxylic acids is 1. The lowest BCUT2D eigenvalue weighted by molar-refractivity contribution is 0.0527. The molecule has 1 rings (SSSR count). The third kappa shape index (κ3) is 7.79. The second-order valence-corrected chi connectivity index (χ2v) is 6.64. The van der Waals surface area contributed by atoms with E-state index in [9.17, 15) is 4.79 Å². The van der Waals surface area contributed by atoms with E-state index >= 15 is 0 Å². The van der Waals surface area contributed by atoms with Crippen LogP contribution in [0.3, 0.4) is 0 Å². The van der Waals surface area contributed by atoms with Crippen LogP contribution in [0, 0.1) is 6.92 Å². The first-order valence-electron chi connectivity index (χ1n) is 6.46. The molecule has 1 amide bonds. The number of nitrogens with one attached hydrogen (secondary N) is 2. The predicted molar refractivity (Wildman–Crippen MR) is 77.4 cm³/mol. The van der Waals surface area contributed by atoms with E-state index in [0.29, 0.717) is 6.54 Å². The van der Waals surface area contributed by atoms with Gasteiger partial charge in [-0.3, -0.25) is 0 Å². The molecule has 0 aromatic carbocycles. The molecule has 0 atom stereocenters. The van der Waals surface area contributed by atoms with E-state index in [4.69, 9.17) is 4.74 Å². The van der Waals surface area contributed by atoms with Gasteiger partial charge in [-0.1, -0.05) is 0 Å². The number of alkyl carbamates (subject to hydrolysis) is 1. The van der Waals surface area contributed by atoms with Crippen LogP contribution in [0.15, 0.2) is 6.20 Å². The van der Waals surface area contributed by atoms with E-state index in [1.165, 1.54) is 4.88 Å². The highest BCUT2D eigenvalue weighted by Gasteiger charge is 2.15. The molecule has 0 spiro atoms. The number of amides is 1. The first-order valence-corrected chi connectivity index (χ1v) is 7.27. The zero-order valence-electron chi connectivity index (χ0n) is 12.1. The minimum atomic E-state index is -0.439. The average Bonchev–Trinajstić information content (AvgIpc) is 2.67. The predicted octanol–water partition coefficient (Wildman–Crippen LogP) is 2.46. The summed E-state index contributed by atoms with van der Waals surface area (Å²) in [4.78, 5) is 16.8. The number of thiazole rings is 1. The molecule has 0 radical (unpaired) electrons. The third-order valence-electron chi connectivity index (χ3n) is 2.14. The van der Waals surface area contributed by atoms with Gasteiger partial charge < -0.3 is 15.4 Å². The Labute approximate surface area is 118 Å². The van der Waals surface area contributed by atoms with Crippen LogP contribution in [-0.4, -0.2) is 29.8 Å². The smallest absolute Gasteiger partial charge is 0.407 e. The highest BCUT2D eigenvalue weighted by Crippen LogP contribution is 2.10. The topological polar surface area (TPSA) is 63.2 Å². The zero-order valence-corrected chi connectivity index (χ0v) is 12.9. The van der Waals surface area contributed by atoms with Gasteiger partial charge in [0.1, 0.15) is 10.6 Å². The summed E-state index contributed by atoms with van der Waals surface area (Å²) in [7, 11) is 0. The van der Waals surface area contributed by atoms with Crippen molar-refractivity contribution in [2.24, 2.45) is 0 Å². The SMILES string of the molecule is Cc1cnc(CNCCCNC(=O)OC(C)(C)C)s1. The highest BCUT2D eigenvalue weighted by atomic mass is 32.1. The molecule has 0 aliphatic heterocycles. The van der Waals surface area contributed by atoms with Gasteiger partial charge in [-0.05, 0) is 40.7 Å². The molecule has 0 aliphatic rings. The Hall–Kier alpha value is -1.14. The summed E-state index contributed by atoms with van der Waals surface area (Å²) >= 11 is 1.70. The van der Waals surface area contributed by atoms with Gasteiger partial charge in [0.15, 0.2) is 0 Å². The van der Waals surface area contributed by atoms with Crippen molar-refractivity contribution in [2.75, 3.05) is 13.1 Å². The molecule has 1 aromatic rings. The molecule has 1 heterocycles. The molecule has 2 N–H and O–H groups in total. The summed E-state index contributed by atoms with van der Waals surface area (Å²) in [6, 6.07) is 0. The van der Waals surface area contributed by atoms with E-state index in [1.807, 2.05) is 33.9 Å². The Bertz CT molecular complexity index is 399. The van der Waals surface area contributed by atoms with Crippen LogP contribution in [0.5, 0.6) is 0 Å². The normalized spacial score (nSPS) is 11.4. The molecule has 108 valence electrons. The molecular formula is C13H23N3O2S. The number of ether oxygens (including phenoxy) is 1. The van der Waals surface area contributed by atoms with Crippen molar-refractivity contribution in [3.63, 3.8) is 0 Å². The van der Waals surface area contributed by atoms with Crippen LogP contribution in [-0.2, 0) is 11.3 Å². The molecular weight excluding hydrogens is 262 g/mol. The second-order valence-electron chi connectivity index (χ2n) is 5.32. The van der Waals surface area contributed by atoms with E-state index < -0.39 is 5.60 Å². The van der Waals surface area contributed by atoms with Gasteiger partial charge >= 0.3 is 6.09 Å². The van der Waals surface area contributed by atoms with Crippen LogP contribution in [0.4, 0.5) is 4.79 Å².